The molecule has 0 amide bonds. The number of sulfonamides is 1. The number of rotatable bonds is 5. The molecule has 21 heavy (non-hydrogen) atoms. The number of hydrogen-bond donors (Lipinski definition) is 2. The van der Waals surface area contributed by atoms with Crippen molar-refractivity contribution in [2.75, 3.05) is 19.6 Å². The third-order valence-electron chi connectivity index (χ3n) is 3.47. The summed E-state index contributed by atoms with van der Waals surface area (Å²) in [5.74, 6) is 0.267. The first-order chi connectivity index (χ1) is 9.42. The fourth-order valence-corrected chi connectivity index (χ4v) is 3.66. The normalized spacial score (nSPS) is 18.2. The predicted molar refractivity (Wildman–Crippen MR) is 81.2 cm³/mol. The summed E-state index contributed by atoms with van der Waals surface area (Å²) in [6.45, 7) is 3.47. The van der Waals surface area contributed by atoms with Gasteiger partial charge in [-0.1, -0.05) is 6.07 Å². The van der Waals surface area contributed by atoms with Crippen molar-refractivity contribution in [2.24, 2.45) is 5.92 Å². The summed E-state index contributed by atoms with van der Waals surface area (Å²) < 4.78 is 27.0. The van der Waals surface area contributed by atoms with Crippen molar-refractivity contribution >= 4 is 28.1 Å². The maximum Gasteiger partial charge on any atom is 0.273 e. The lowest BCUT2D eigenvalue weighted by Crippen LogP contribution is -2.30. The number of nitro groups is 1. The molecule has 2 N–H and O–H groups in total. The first kappa shape index (κ1) is 17.8. The Morgan fingerprint density at radius 3 is 2.76 bits per heavy atom. The van der Waals surface area contributed by atoms with E-state index in [4.69, 9.17) is 0 Å². The topological polar surface area (TPSA) is 101 Å². The summed E-state index contributed by atoms with van der Waals surface area (Å²) in [6.07, 6.45) is 0.927. The molecule has 7 nitrogen and oxygen atoms in total. The van der Waals surface area contributed by atoms with Crippen molar-refractivity contribution in [3.05, 3.63) is 33.9 Å². The smallest absolute Gasteiger partial charge is 0.273 e. The third kappa shape index (κ3) is 4.13. The first-order valence-corrected chi connectivity index (χ1v) is 7.84. The van der Waals surface area contributed by atoms with E-state index in [2.05, 4.69) is 10.0 Å². The highest BCUT2D eigenvalue weighted by Gasteiger charge is 2.24. The van der Waals surface area contributed by atoms with E-state index < -0.39 is 14.9 Å². The number of halogens is 1. The molecular formula is C12H18ClN3O4S. The molecule has 1 saturated heterocycles. The molecule has 0 spiro atoms. The Morgan fingerprint density at radius 1 is 1.48 bits per heavy atom. The average Bonchev–Trinajstić information content (AvgIpc) is 2.89. The van der Waals surface area contributed by atoms with Gasteiger partial charge < -0.3 is 5.32 Å². The zero-order valence-corrected chi connectivity index (χ0v) is 13.2. The molecule has 0 aliphatic carbocycles. The van der Waals surface area contributed by atoms with Gasteiger partial charge in [-0.25, -0.2) is 13.1 Å². The van der Waals surface area contributed by atoms with Crippen LogP contribution in [0.1, 0.15) is 12.0 Å². The Kier molecular flexibility index (Phi) is 6.09. The Balaban J connectivity index is 0.00000220. The summed E-state index contributed by atoms with van der Waals surface area (Å²) in [5, 5.41) is 14.0. The Hall–Kier alpha value is -1.22. The summed E-state index contributed by atoms with van der Waals surface area (Å²) >= 11 is 0. The minimum atomic E-state index is -3.72. The van der Waals surface area contributed by atoms with Crippen LogP contribution in [-0.4, -0.2) is 33.0 Å². The van der Waals surface area contributed by atoms with Gasteiger partial charge in [-0.05, 0) is 38.4 Å². The van der Waals surface area contributed by atoms with E-state index >= 15 is 0 Å². The Bertz CT molecular complexity index is 615. The summed E-state index contributed by atoms with van der Waals surface area (Å²) in [4.78, 5) is 10.2. The average molecular weight is 336 g/mol. The van der Waals surface area contributed by atoms with Crippen molar-refractivity contribution in [1.29, 1.82) is 0 Å². The molecule has 1 aliphatic heterocycles. The van der Waals surface area contributed by atoms with Crippen LogP contribution in [0.2, 0.25) is 0 Å². The summed E-state index contributed by atoms with van der Waals surface area (Å²) in [6, 6.07) is 4.07. The van der Waals surface area contributed by atoms with E-state index in [1.165, 1.54) is 25.1 Å². The number of nitrogens with one attached hydrogen (secondary N) is 2. The first-order valence-electron chi connectivity index (χ1n) is 6.36. The van der Waals surface area contributed by atoms with Crippen LogP contribution in [0.3, 0.4) is 0 Å². The van der Waals surface area contributed by atoms with Crippen LogP contribution in [0, 0.1) is 23.0 Å². The van der Waals surface area contributed by atoms with Gasteiger partial charge in [-0.15, -0.1) is 12.4 Å². The molecule has 0 radical (unpaired) electrons. The highest BCUT2D eigenvalue weighted by molar-refractivity contribution is 7.89. The molecule has 1 unspecified atom stereocenters. The molecule has 118 valence electrons. The number of hydrogen-bond acceptors (Lipinski definition) is 5. The van der Waals surface area contributed by atoms with E-state index in [9.17, 15) is 18.5 Å². The van der Waals surface area contributed by atoms with E-state index in [0.717, 1.165) is 19.5 Å². The molecule has 0 aromatic heterocycles. The quantitative estimate of drug-likeness (QED) is 0.622. The summed E-state index contributed by atoms with van der Waals surface area (Å²) in [5.41, 5.74) is -0.0232. The third-order valence-corrected chi connectivity index (χ3v) is 5.03. The minimum absolute atomic E-state index is 0. The second-order valence-electron chi connectivity index (χ2n) is 4.87. The second kappa shape index (κ2) is 7.17. The van der Waals surface area contributed by atoms with Gasteiger partial charge in [0.2, 0.25) is 10.0 Å². The molecule has 9 heteroatoms. The van der Waals surface area contributed by atoms with Crippen molar-refractivity contribution in [3.63, 3.8) is 0 Å². The Labute approximate surface area is 129 Å². The highest BCUT2D eigenvalue weighted by Crippen LogP contribution is 2.24. The molecule has 1 aromatic rings. The molecule has 1 fully saturated rings. The summed E-state index contributed by atoms with van der Waals surface area (Å²) in [7, 11) is -3.72. The van der Waals surface area contributed by atoms with Gasteiger partial charge >= 0.3 is 0 Å². The molecule has 1 atom stereocenters. The standard InChI is InChI=1S/C12H17N3O4S.ClH/c1-9-11(15(16)17)3-2-4-12(9)20(18,19)14-8-10-5-6-13-7-10;/h2-4,10,13-14H,5-8H2,1H3;1H. The molecule has 0 bridgehead atoms. The van der Waals surface area contributed by atoms with Crippen LogP contribution in [0.5, 0.6) is 0 Å². The SMILES string of the molecule is Cc1c([N+](=O)[O-])cccc1S(=O)(=O)NCC1CCNC1.Cl. The van der Waals surface area contributed by atoms with Gasteiger partial charge in [0, 0.05) is 18.2 Å². The van der Waals surface area contributed by atoms with Crippen molar-refractivity contribution < 1.29 is 13.3 Å². The highest BCUT2D eigenvalue weighted by atomic mass is 35.5. The molecule has 1 heterocycles. The van der Waals surface area contributed by atoms with Gasteiger partial charge in [-0.3, -0.25) is 10.1 Å². The van der Waals surface area contributed by atoms with Crippen LogP contribution in [0.4, 0.5) is 5.69 Å². The fraction of sp³-hybridized carbons (Fsp3) is 0.500. The predicted octanol–water partition coefficient (Wildman–Crippen LogP) is 1.21. The lowest BCUT2D eigenvalue weighted by atomic mass is 10.1. The maximum absolute atomic E-state index is 12.2. The van der Waals surface area contributed by atoms with Crippen LogP contribution in [0.25, 0.3) is 0 Å². The van der Waals surface area contributed by atoms with E-state index in [1.807, 2.05) is 0 Å². The number of nitro benzene ring substituents is 1. The van der Waals surface area contributed by atoms with Gasteiger partial charge in [-0.2, -0.15) is 0 Å². The fourth-order valence-electron chi connectivity index (χ4n) is 2.29. The zero-order chi connectivity index (χ0) is 14.8. The lowest BCUT2D eigenvalue weighted by molar-refractivity contribution is -0.385. The van der Waals surface area contributed by atoms with Gasteiger partial charge in [0.15, 0.2) is 0 Å². The van der Waals surface area contributed by atoms with Gasteiger partial charge in [0.05, 0.1) is 9.82 Å². The minimum Gasteiger partial charge on any atom is -0.316 e. The van der Waals surface area contributed by atoms with Crippen molar-refractivity contribution in [2.45, 2.75) is 18.2 Å². The van der Waals surface area contributed by atoms with Gasteiger partial charge in [0.1, 0.15) is 0 Å². The van der Waals surface area contributed by atoms with Gasteiger partial charge in [0.25, 0.3) is 5.69 Å². The largest absolute Gasteiger partial charge is 0.316 e. The van der Waals surface area contributed by atoms with Crippen LogP contribution in [0.15, 0.2) is 23.1 Å². The molecular weight excluding hydrogens is 318 g/mol. The maximum atomic E-state index is 12.2. The molecule has 2 rings (SSSR count). The van der Waals surface area contributed by atoms with E-state index in [-0.39, 0.29) is 34.5 Å². The van der Waals surface area contributed by atoms with E-state index in [0.29, 0.717) is 6.54 Å². The Morgan fingerprint density at radius 2 is 2.19 bits per heavy atom. The zero-order valence-electron chi connectivity index (χ0n) is 11.5. The molecule has 0 saturated carbocycles. The van der Waals surface area contributed by atoms with Crippen LogP contribution >= 0.6 is 12.4 Å². The van der Waals surface area contributed by atoms with E-state index in [1.54, 1.807) is 0 Å². The second-order valence-corrected chi connectivity index (χ2v) is 6.60. The van der Waals surface area contributed by atoms with Crippen molar-refractivity contribution in [1.82, 2.24) is 10.0 Å². The van der Waals surface area contributed by atoms with Crippen LogP contribution in [-0.2, 0) is 10.0 Å². The molecule has 1 aliphatic rings. The molecule has 1 aromatic carbocycles. The number of nitrogens with zero attached hydrogens (tertiary/aromatic N) is 1. The van der Waals surface area contributed by atoms with Crippen molar-refractivity contribution in [3.8, 4) is 0 Å². The lowest BCUT2D eigenvalue weighted by Gasteiger charge is -2.12. The monoisotopic (exact) mass is 335 g/mol. The number of benzene rings is 1. The van der Waals surface area contributed by atoms with Crippen LogP contribution < -0.4 is 10.0 Å².